The van der Waals surface area contributed by atoms with Crippen molar-refractivity contribution in [2.75, 3.05) is 5.73 Å². The highest BCUT2D eigenvalue weighted by atomic mass is 79.9. The van der Waals surface area contributed by atoms with Crippen LogP contribution < -0.4 is 5.73 Å². The van der Waals surface area contributed by atoms with Gasteiger partial charge in [-0.2, -0.15) is 0 Å². The van der Waals surface area contributed by atoms with Crippen LogP contribution in [0.25, 0.3) is 11.5 Å². The molecule has 0 aliphatic rings. The number of rotatable bonds is 2. The monoisotopic (exact) mass is 354 g/mol. The highest BCUT2D eigenvalue weighted by molar-refractivity contribution is 9.10. The zero-order valence-electron chi connectivity index (χ0n) is 12.4. The fourth-order valence-corrected chi connectivity index (χ4v) is 3.22. The van der Waals surface area contributed by atoms with Crippen molar-refractivity contribution in [3.8, 4) is 11.5 Å². The van der Waals surface area contributed by atoms with E-state index in [1.54, 1.807) is 11.3 Å². The Morgan fingerprint density at radius 1 is 1.20 bits per heavy atom. The van der Waals surface area contributed by atoms with Gasteiger partial charge in [0.05, 0.1) is 15.2 Å². The molecular weight excluding hydrogens is 336 g/mol. The van der Waals surface area contributed by atoms with Crippen molar-refractivity contribution in [3.63, 3.8) is 0 Å². The third kappa shape index (κ3) is 3.01. The molecule has 20 heavy (non-hydrogen) atoms. The molecule has 2 heterocycles. The second-order valence-corrected chi connectivity index (χ2v) is 7.73. The Morgan fingerprint density at radius 2 is 1.85 bits per heavy atom. The highest BCUT2D eigenvalue weighted by Crippen LogP contribution is 2.32. The number of nitrogens with zero attached hydrogens (tertiary/aromatic N) is 3. The zero-order chi connectivity index (χ0) is 15.1. The van der Waals surface area contributed by atoms with E-state index in [0.717, 1.165) is 20.9 Å². The third-order valence-corrected chi connectivity index (χ3v) is 4.90. The predicted octanol–water partition coefficient (Wildman–Crippen LogP) is 4.37. The van der Waals surface area contributed by atoms with E-state index < -0.39 is 0 Å². The number of nitrogen functional groups attached to an aromatic ring is 1. The Labute approximate surface area is 132 Å². The van der Waals surface area contributed by atoms with E-state index >= 15 is 0 Å². The largest absolute Gasteiger partial charge is 0.383 e. The smallest absolute Gasteiger partial charge is 0.181 e. The molecule has 0 aliphatic heterocycles. The fraction of sp³-hybridized carbons (Fsp3) is 0.500. The van der Waals surface area contributed by atoms with Crippen molar-refractivity contribution in [3.05, 3.63) is 20.6 Å². The van der Waals surface area contributed by atoms with Gasteiger partial charge in [0.25, 0.3) is 0 Å². The summed E-state index contributed by atoms with van der Waals surface area (Å²) in [5.74, 6) is 1.33. The Morgan fingerprint density at radius 3 is 2.35 bits per heavy atom. The Balaban J connectivity index is 2.51. The van der Waals surface area contributed by atoms with Gasteiger partial charge in [-0.1, -0.05) is 34.6 Å². The molecule has 2 rings (SSSR count). The first kappa shape index (κ1) is 15.4. The van der Waals surface area contributed by atoms with Crippen LogP contribution in [0.1, 0.15) is 51.2 Å². The normalized spacial score (nSPS) is 12.2. The molecule has 2 aromatic rings. The summed E-state index contributed by atoms with van der Waals surface area (Å²) in [6.45, 7) is 10.6. The summed E-state index contributed by atoms with van der Waals surface area (Å²) in [5, 5.41) is 3.07. The average molecular weight is 355 g/mol. The van der Waals surface area contributed by atoms with Crippen LogP contribution in [0.5, 0.6) is 0 Å². The second kappa shape index (κ2) is 5.41. The van der Waals surface area contributed by atoms with Gasteiger partial charge in [0, 0.05) is 10.8 Å². The summed E-state index contributed by atoms with van der Waals surface area (Å²) in [6, 6.07) is 0. The molecule has 0 bridgehead atoms. The highest BCUT2D eigenvalue weighted by Gasteiger charge is 2.21. The molecule has 0 radical (unpaired) electrons. The fourth-order valence-electron chi connectivity index (χ4n) is 1.70. The maximum atomic E-state index is 5.97. The lowest BCUT2D eigenvalue weighted by Gasteiger charge is -2.13. The van der Waals surface area contributed by atoms with E-state index in [-0.39, 0.29) is 11.3 Å². The number of hydrogen-bond acceptors (Lipinski definition) is 5. The van der Waals surface area contributed by atoms with Crippen molar-refractivity contribution in [1.29, 1.82) is 0 Å². The summed E-state index contributed by atoms with van der Waals surface area (Å²) in [6.07, 6.45) is 0. The molecule has 108 valence electrons. The molecule has 0 saturated heterocycles. The van der Waals surface area contributed by atoms with E-state index in [4.69, 9.17) is 5.73 Å². The molecule has 0 aromatic carbocycles. The first-order chi connectivity index (χ1) is 9.20. The van der Waals surface area contributed by atoms with E-state index in [9.17, 15) is 0 Å². The molecule has 6 heteroatoms. The average Bonchev–Trinajstić information content (AvgIpc) is 2.81. The SMILES string of the molecule is CC(C)c1nc(-c2csc(C(C)(C)C)n2)nc(N)c1Br. The third-order valence-electron chi connectivity index (χ3n) is 2.82. The molecular formula is C14H19BrN4S. The van der Waals surface area contributed by atoms with E-state index in [2.05, 4.69) is 65.5 Å². The number of halogens is 1. The summed E-state index contributed by atoms with van der Waals surface area (Å²) in [4.78, 5) is 13.6. The van der Waals surface area contributed by atoms with Crippen molar-refractivity contribution >= 4 is 33.1 Å². The predicted molar refractivity (Wildman–Crippen MR) is 88.0 cm³/mol. The van der Waals surface area contributed by atoms with Crippen LogP contribution in [0.2, 0.25) is 0 Å². The summed E-state index contributed by atoms with van der Waals surface area (Å²) < 4.78 is 0.780. The number of nitrogens with two attached hydrogens (primary N) is 1. The van der Waals surface area contributed by atoms with E-state index in [1.165, 1.54) is 0 Å². The molecule has 0 fully saturated rings. The van der Waals surface area contributed by atoms with Gasteiger partial charge < -0.3 is 5.73 Å². The van der Waals surface area contributed by atoms with Crippen LogP contribution in [0, 0.1) is 0 Å². The Kier molecular flexibility index (Phi) is 4.16. The van der Waals surface area contributed by atoms with Crippen molar-refractivity contribution in [2.24, 2.45) is 0 Å². The van der Waals surface area contributed by atoms with Crippen molar-refractivity contribution in [1.82, 2.24) is 15.0 Å². The molecule has 0 aliphatic carbocycles. The molecule has 0 saturated carbocycles. The maximum absolute atomic E-state index is 5.97. The lowest BCUT2D eigenvalue weighted by Crippen LogP contribution is -2.10. The van der Waals surface area contributed by atoms with Crippen LogP contribution in [0.15, 0.2) is 9.85 Å². The van der Waals surface area contributed by atoms with Gasteiger partial charge >= 0.3 is 0 Å². The molecule has 2 N–H and O–H groups in total. The summed E-state index contributed by atoms with van der Waals surface area (Å²) in [5.41, 5.74) is 7.71. The Bertz CT molecular complexity index is 629. The number of anilines is 1. The van der Waals surface area contributed by atoms with Gasteiger partial charge in [-0.15, -0.1) is 11.3 Å². The minimum Gasteiger partial charge on any atom is -0.383 e. The van der Waals surface area contributed by atoms with Crippen molar-refractivity contribution < 1.29 is 0 Å². The molecule has 2 aromatic heterocycles. The van der Waals surface area contributed by atoms with Gasteiger partial charge in [-0.05, 0) is 21.8 Å². The molecule has 4 nitrogen and oxygen atoms in total. The van der Waals surface area contributed by atoms with Crippen LogP contribution >= 0.6 is 27.3 Å². The number of thiazole rings is 1. The van der Waals surface area contributed by atoms with Gasteiger partial charge in [0.2, 0.25) is 0 Å². The number of aromatic nitrogens is 3. The van der Waals surface area contributed by atoms with Crippen LogP contribution in [0.4, 0.5) is 5.82 Å². The summed E-state index contributed by atoms with van der Waals surface area (Å²) >= 11 is 5.09. The van der Waals surface area contributed by atoms with Crippen LogP contribution in [0.3, 0.4) is 0 Å². The van der Waals surface area contributed by atoms with Gasteiger partial charge in [0.1, 0.15) is 11.5 Å². The standard InChI is InChI=1S/C14H19BrN4S/c1-7(2)10-9(15)11(16)19-12(18-10)8-6-20-13(17-8)14(3,4)5/h6-7H,1-5H3,(H2,16,18,19). The quantitative estimate of drug-likeness (QED) is 0.869. The van der Waals surface area contributed by atoms with Gasteiger partial charge in [-0.25, -0.2) is 15.0 Å². The topological polar surface area (TPSA) is 64.7 Å². The van der Waals surface area contributed by atoms with Gasteiger partial charge in [-0.3, -0.25) is 0 Å². The van der Waals surface area contributed by atoms with E-state index in [0.29, 0.717) is 11.6 Å². The second-order valence-electron chi connectivity index (χ2n) is 6.07. The molecule has 0 unspecified atom stereocenters. The molecule has 0 amide bonds. The molecule has 0 atom stereocenters. The van der Waals surface area contributed by atoms with Crippen LogP contribution in [-0.4, -0.2) is 15.0 Å². The first-order valence-electron chi connectivity index (χ1n) is 6.49. The lowest BCUT2D eigenvalue weighted by molar-refractivity contribution is 0.586. The van der Waals surface area contributed by atoms with Crippen LogP contribution in [-0.2, 0) is 5.41 Å². The van der Waals surface area contributed by atoms with E-state index in [1.807, 2.05) is 5.38 Å². The van der Waals surface area contributed by atoms with Gasteiger partial charge in [0.15, 0.2) is 5.82 Å². The Hall–Kier alpha value is -1.01. The maximum Gasteiger partial charge on any atom is 0.181 e. The number of hydrogen-bond donors (Lipinski definition) is 1. The first-order valence-corrected chi connectivity index (χ1v) is 8.16. The zero-order valence-corrected chi connectivity index (χ0v) is 14.8. The molecule has 0 spiro atoms. The minimum atomic E-state index is 0.0324. The lowest BCUT2D eigenvalue weighted by atomic mass is 9.98. The summed E-state index contributed by atoms with van der Waals surface area (Å²) in [7, 11) is 0. The minimum absolute atomic E-state index is 0.0324. The van der Waals surface area contributed by atoms with Crippen molar-refractivity contribution in [2.45, 2.75) is 46.0 Å².